The Kier molecular flexibility index (Phi) is 6.62. The van der Waals surface area contributed by atoms with Crippen LogP contribution in [0.25, 0.3) is 0 Å². The quantitative estimate of drug-likeness (QED) is 0.626. The van der Waals surface area contributed by atoms with E-state index in [9.17, 15) is 9.59 Å². The first-order valence-corrected chi connectivity index (χ1v) is 10.6. The number of anilines is 3. The first kappa shape index (κ1) is 22.0. The molecule has 166 valence electrons. The van der Waals surface area contributed by atoms with Crippen molar-refractivity contribution in [2.75, 3.05) is 41.8 Å². The van der Waals surface area contributed by atoms with Gasteiger partial charge in [-0.25, -0.2) is 4.98 Å². The number of ether oxygens (including phenoxy) is 1. The SMILES string of the molecule is Cc1ccc(NC(=O)c2ccc(C#N)cc2)cc1NC(=O)c1ccc(N2CCOCC2)nc1. The van der Waals surface area contributed by atoms with Crippen LogP contribution in [0.15, 0.2) is 60.8 Å². The van der Waals surface area contributed by atoms with Crippen LogP contribution in [-0.2, 0) is 4.74 Å². The number of nitriles is 1. The number of carbonyl (C=O) groups is 2. The molecule has 0 saturated carbocycles. The van der Waals surface area contributed by atoms with Crippen molar-refractivity contribution in [2.45, 2.75) is 6.92 Å². The number of aromatic nitrogens is 1. The number of benzene rings is 2. The van der Waals surface area contributed by atoms with Crippen molar-refractivity contribution in [2.24, 2.45) is 0 Å². The molecule has 2 N–H and O–H groups in total. The zero-order valence-corrected chi connectivity index (χ0v) is 18.2. The summed E-state index contributed by atoms with van der Waals surface area (Å²) in [5.41, 5.74) is 3.36. The number of rotatable bonds is 5. The summed E-state index contributed by atoms with van der Waals surface area (Å²) in [7, 11) is 0. The molecule has 2 heterocycles. The van der Waals surface area contributed by atoms with Crippen molar-refractivity contribution in [1.29, 1.82) is 5.26 Å². The van der Waals surface area contributed by atoms with Crippen molar-refractivity contribution in [1.82, 2.24) is 4.98 Å². The molecule has 1 fully saturated rings. The minimum absolute atomic E-state index is 0.283. The van der Waals surface area contributed by atoms with E-state index in [4.69, 9.17) is 10.00 Å². The predicted molar refractivity (Wildman–Crippen MR) is 126 cm³/mol. The Morgan fingerprint density at radius 3 is 2.33 bits per heavy atom. The Balaban J connectivity index is 1.43. The highest BCUT2D eigenvalue weighted by atomic mass is 16.5. The van der Waals surface area contributed by atoms with Crippen molar-refractivity contribution >= 4 is 29.0 Å². The maximum absolute atomic E-state index is 12.8. The zero-order valence-electron chi connectivity index (χ0n) is 18.2. The van der Waals surface area contributed by atoms with Crippen molar-refractivity contribution in [3.63, 3.8) is 0 Å². The number of amides is 2. The van der Waals surface area contributed by atoms with Gasteiger partial charge in [-0.05, 0) is 61.0 Å². The molecule has 3 aromatic rings. The normalized spacial score (nSPS) is 13.2. The highest BCUT2D eigenvalue weighted by Crippen LogP contribution is 2.22. The lowest BCUT2D eigenvalue weighted by atomic mass is 10.1. The van der Waals surface area contributed by atoms with E-state index in [0.717, 1.165) is 24.5 Å². The van der Waals surface area contributed by atoms with E-state index in [1.807, 2.05) is 25.1 Å². The third-order valence-electron chi connectivity index (χ3n) is 5.36. The molecule has 33 heavy (non-hydrogen) atoms. The Morgan fingerprint density at radius 2 is 1.67 bits per heavy atom. The molecule has 4 rings (SSSR count). The third-order valence-corrected chi connectivity index (χ3v) is 5.36. The Morgan fingerprint density at radius 1 is 0.970 bits per heavy atom. The fourth-order valence-corrected chi connectivity index (χ4v) is 3.43. The summed E-state index contributed by atoms with van der Waals surface area (Å²) < 4.78 is 5.36. The topological polar surface area (TPSA) is 107 Å². The van der Waals surface area contributed by atoms with E-state index < -0.39 is 0 Å². The summed E-state index contributed by atoms with van der Waals surface area (Å²) in [6.07, 6.45) is 1.56. The molecule has 2 aromatic carbocycles. The monoisotopic (exact) mass is 441 g/mol. The van der Waals surface area contributed by atoms with Crippen LogP contribution in [0.5, 0.6) is 0 Å². The van der Waals surface area contributed by atoms with E-state index >= 15 is 0 Å². The van der Waals surface area contributed by atoms with Crippen LogP contribution >= 0.6 is 0 Å². The van der Waals surface area contributed by atoms with Crippen LogP contribution in [0, 0.1) is 18.3 Å². The van der Waals surface area contributed by atoms with E-state index in [2.05, 4.69) is 20.5 Å². The average molecular weight is 441 g/mol. The van der Waals surface area contributed by atoms with Crippen molar-refractivity contribution < 1.29 is 14.3 Å². The van der Waals surface area contributed by atoms with Crippen LogP contribution in [0.4, 0.5) is 17.2 Å². The summed E-state index contributed by atoms with van der Waals surface area (Å²) >= 11 is 0. The van der Waals surface area contributed by atoms with E-state index in [0.29, 0.717) is 41.3 Å². The number of hydrogen-bond acceptors (Lipinski definition) is 6. The molecule has 0 bridgehead atoms. The molecule has 1 aromatic heterocycles. The van der Waals surface area contributed by atoms with Crippen LogP contribution < -0.4 is 15.5 Å². The van der Waals surface area contributed by atoms with Crippen LogP contribution in [0.3, 0.4) is 0 Å². The lowest BCUT2D eigenvalue weighted by molar-refractivity contribution is 0.101. The Bertz CT molecular complexity index is 1190. The first-order chi connectivity index (χ1) is 16.0. The summed E-state index contributed by atoms with van der Waals surface area (Å²) in [6, 6.07) is 17.3. The van der Waals surface area contributed by atoms with Gasteiger partial charge in [0.25, 0.3) is 11.8 Å². The minimum atomic E-state index is -0.302. The largest absolute Gasteiger partial charge is 0.378 e. The van der Waals surface area contributed by atoms with Crippen LogP contribution in [0.2, 0.25) is 0 Å². The lowest BCUT2D eigenvalue weighted by Gasteiger charge is -2.27. The first-order valence-electron chi connectivity index (χ1n) is 10.6. The molecular weight excluding hydrogens is 418 g/mol. The summed E-state index contributed by atoms with van der Waals surface area (Å²) in [5, 5.41) is 14.6. The molecule has 0 aliphatic carbocycles. The number of carbonyl (C=O) groups excluding carboxylic acids is 2. The second-order valence-electron chi connectivity index (χ2n) is 7.63. The van der Waals surface area contributed by atoms with Gasteiger partial charge in [-0.15, -0.1) is 0 Å². The fraction of sp³-hybridized carbons (Fsp3) is 0.200. The van der Waals surface area contributed by atoms with Gasteiger partial charge in [0.2, 0.25) is 0 Å². The van der Waals surface area contributed by atoms with Gasteiger partial charge >= 0.3 is 0 Å². The maximum atomic E-state index is 12.8. The fourth-order valence-electron chi connectivity index (χ4n) is 3.43. The van der Waals surface area contributed by atoms with Gasteiger partial charge in [0.05, 0.1) is 30.4 Å². The Labute approximate surface area is 191 Å². The van der Waals surface area contributed by atoms with Gasteiger partial charge in [0, 0.05) is 36.2 Å². The molecule has 8 heteroatoms. The number of aryl methyl sites for hydroxylation is 1. The Hall–Kier alpha value is -4.22. The average Bonchev–Trinajstić information content (AvgIpc) is 2.86. The van der Waals surface area contributed by atoms with E-state index in [1.165, 1.54) is 0 Å². The minimum Gasteiger partial charge on any atom is -0.378 e. The number of morpholine rings is 1. The molecular formula is C25H23N5O3. The van der Waals surface area contributed by atoms with Gasteiger partial charge < -0.3 is 20.3 Å². The summed E-state index contributed by atoms with van der Waals surface area (Å²) in [5.74, 6) is 0.233. The van der Waals surface area contributed by atoms with Gasteiger partial charge in [0.15, 0.2) is 0 Å². The van der Waals surface area contributed by atoms with E-state index in [1.54, 1.807) is 48.7 Å². The molecule has 0 spiro atoms. The second-order valence-corrected chi connectivity index (χ2v) is 7.63. The number of hydrogen-bond donors (Lipinski definition) is 2. The highest BCUT2D eigenvalue weighted by Gasteiger charge is 2.14. The van der Waals surface area contributed by atoms with Crippen molar-refractivity contribution in [3.05, 3.63) is 83.0 Å². The molecule has 0 unspecified atom stereocenters. The van der Waals surface area contributed by atoms with Gasteiger partial charge in [0.1, 0.15) is 5.82 Å². The number of nitrogens with one attached hydrogen (secondary N) is 2. The maximum Gasteiger partial charge on any atom is 0.257 e. The zero-order chi connectivity index (χ0) is 23.2. The lowest BCUT2D eigenvalue weighted by Crippen LogP contribution is -2.36. The highest BCUT2D eigenvalue weighted by molar-refractivity contribution is 6.06. The van der Waals surface area contributed by atoms with Gasteiger partial charge in [-0.1, -0.05) is 6.07 Å². The molecule has 1 aliphatic heterocycles. The molecule has 8 nitrogen and oxygen atoms in total. The molecule has 0 atom stereocenters. The molecule has 2 amide bonds. The van der Waals surface area contributed by atoms with Gasteiger partial charge in [-0.2, -0.15) is 5.26 Å². The molecule has 0 radical (unpaired) electrons. The summed E-state index contributed by atoms with van der Waals surface area (Å²) in [4.78, 5) is 31.8. The summed E-state index contributed by atoms with van der Waals surface area (Å²) in [6.45, 7) is 4.77. The van der Waals surface area contributed by atoms with Crippen LogP contribution in [0.1, 0.15) is 31.8 Å². The third kappa shape index (κ3) is 5.34. The smallest absolute Gasteiger partial charge is 0.257 e. The molecule has 1 saturated heterocycles. The van der Waals surface area contributed by atoms with Crippen molar-refractivity contribution in [3.8, 4) is 6.07 Å². The van der Waals surface area contributed by atoms with E-state index in [-0.39, 0.29) is 11.8 Å². The van der Waals surface area contributed by atoms with Crippen LogP contribution in [-0.4, -0.2) is 43.1 Å². The standard InChI is InChI=1S/C25H23N5O3/c1-17-2-8-21(28-24(31)19-5-3-18(15-26)4-6-19)14-22(17)29-25(32)20-7-9-23(27-16-20)30-10-12-33-13-11-30/h2-9,14,16H,10-13H2,1H3,(H,28,31)(H,29,32). The number of nitrogens with zero attached hydrogens (tertiary/aromatic N) is 3. The predicted octanol–water partition coefficient (Wildman–Crippen LogP) is 3.60. The number of pyridine rings is 1. The van der Waals surface area contributed by atoms with Gasteiger partial charge in [-0.3, -0.25) is 9.59 Å². The second kappa shape index (κ2) is 9.94. The molecule has 1 aliphatic rings.